The summed E-state index contributed by atoms with van der Waals surface area (Å²) in [5.74, 6) is -0.350. The molecule has 160 valence electrons. The van der Waals surface area contributed by atoms with Gasteiger partial charge < -0.3 is 16.4 Å². The molecule has 0 spiro atoms. The lowest BCUT2D eigenvalue weighted by atomic mass is 9.98. The normalized spacial score (nSPS) is 15.1. The van der Waals surface area contributed by atoms with Gasteiger partial charge in [0.05, 0.1) is 17.1 Å². The Bertz CT molecular complexity index is 1150. The summed E-state index contributed by atoms with van der Waals surface area (Å²) < 4.78 is 1.61. The van der Waals surface area contributed by atoms with Gasteiger partial charge in [0, 0.05) is 24.6 Å². The zero-order chi connectivity index (χ0) is 22.1. The minimum absolute atomic E-state index is 0.0962. The van der Waals surface area contributed by atoms with Crippen molar-refractivity contribution < 1.29 is 9.59 Å². The van der Waals surface area contributed by atoms with Crippen LogP contribution in [0, 0.1) is 13.8 Å². The number of fused-ring (bicyclic) bond motifs is 1. The molecule has 2 aromatic carbocycles. The number of anilines is 1. The lowest BCUT2D eigenvalue weighted by Crippen LogP contribution is -2.23. The zero-order valence-electron chi connectivity index (χ0n) is 18.0. The molecule has 1 atom stereocenters. The largest absolute Gasteiger partial charge is 0.382 e. The lowest BCUT2D eigenvalue weighted by molar-refractivity contribution is 0.0948. The van der Waals surface area contributed by atoms with Gasteiger partial charge in [-0.1, -0.05) is 36.8 Å². The highest BCUT2D eigenvalue weighted by Crippen LogP contribution is 2.34. The Morgan fingerprint density at radius 1 is 1.19 bits per heavy atom. The molecule has 0 bridgehead atoms. The van der Waals surface area contributed by atoms with E-state index in [4.69, 9.17) is 5.73 Å². The molecule has 1 aliphatic rings. The van der Waals surface area contributed by atoms with E-state index >= 15 is 0 Å². The van der Waals surface area contributed by atoms with Gasteiger partial charge in [-0.05, 0) is 49.6 Å². The van der Waals surface area contributed by atoms with Crippen LogP contribution in [0.5, 0.6) is 0 Å². The maximum Gasteiger partial charge on any atom is 0.269 e. The van der Waals surface area contributed by atoms with Crippen molar-refractivity contribution in [1.29, 1.82) is 0 Å². The predicted molar refractivity (Wildman–Crippen MR) is 121 cm³/mol. The number of aryl methyl sites for hydroxylation is 2. The molecule has 0 aliphatic carbocycles. The van der Waals surface area contributed by atoms with E-state index < -0.39 is 5.91 Å². The SMILES string of the molecule is Cc1ccc(C)c(C(=O)NCc2ccc(-n3nc4c(c3C(N)=O)NCCC4C)cc2)c1. The fourth-order valence-electron chi connectivity index (χ4n) is 3.93. The summed E-state index contributed by atoms with van der Waals surface area (Å²) >= 11 is 0. The Balaban J connectivity index is 1.53. The zero-order valence-corrected chi connectivity index (χ0v) is 18.0. The molecule has 7 nitrogen and oxygen atoms in total. The molecule has 0 saturated heterocycles. The van der Waals surface area contributed by atoms with Crippen LogP contribution in [0.1, 0.15) is 62.5 Å². The van der Waals surface area contributed by atoms with Crippen LogP contribution in [0.25, 0.3) is 5.69 Å². The Labute approximate surface area is 181 Å². The van der Waals surface area contributed by atoms with Crippen molar-refractivity contribution in [3.63, 3.8) is 0 Å². The lowest BCUT2D eigenvalue weighted by Gasteiger charge is -2.18. The minimum atomic E-state index is -0.514. The van der Waals surface area contributed by atoms with Gasteiger partial charge >= 0.3 is 0 Å². The predicted octanol–water partition coefficient (Wildman–Crippen LogP) is 3.44. The number of benzene rings is 2. The first-order chi connectivity index (χ1) is 14.8. The van der Waals surface area contributed by atoms with Crippen LogP contribution >= 0.6 is 0 Å². The van der Waals surface area contributed by atoms with Crippen molar-refractivity contribution in [3.05, 3.63) is 76.1 Å². The number of carbonyl (C=O) groups excluding carboxylic acids is 2. The summed E-state index contributed by atoms with van der Waals surface area (Å²) in [4.78, 5) is 24.7. The average Bonchev–Trinajstić information content (AvgIpc) is 3.15. The van der Waals surface area contributed by atoms with E-state index in [0.29, 0.717) is 17.8 Å². The molecule has 0 radical (unpaired) electrons. The summed E-state index contributed by atoms with van der Waals surface area (Å²) in [6.45, 7) is 7.20. The highest BCUT2D eigenvalue weighted by Gasteiger charge is 2.28. The second kappa shape index (κ2) is 8.26. The van der Waals surface area contributed by atoms with Crippen molar-refractivity contribution in [1.82, 2.24) is 15.1 Å². The minimum Gasteiger partial charge on any atom is -0.382 e. The van der Waals surface area contributed by atoms with Crippen LogP contribution in [-0.2, 0) is 6.54 Å². The summed E-state index contributed by atoms with van der Waals surface area (Å²) in [6, 6.07) is 13.4. The maximum absolute atomic E-state index is 12.6. The van der Waals surface area contributed by atoms with Crippen LogP contribution < -0.4 is 16.4 Å². The second-order valence-corrected chi connectivity index (χ2v) is 8.17. The molecule has 4 N–H and O–H groups in total. The van der Waals surface area contributed by atoms with Gasteiger partial charge in [0.2, 0.25) is 0 Å². The molecule has 1 unspecified atom stereocenters. The molecule has 2 amide bonds. The molecule has 0 fully saturated rings. The number of amides is 2. The van der Waals surface area contributed by atoms with E-state index in [1.165, 1.54) is 0 Å². The van der Waals surface area contributed by atoms with Crippen molar-refractivity contribution in [2.24, 2.45) is 5.73 Å². The molecular formula is C24H27N5O2. The maximum atomic E-state index is 12.6. The average molecular weight is 418 g/mol. The summed E-state index contributed by atoms with van der Waals surface area (Å²) in [5, 5.41) is 10.9. The first-order valence-corrected chi connectivity index (χ1v) is 10.5. The number of hydrogen-bond acceptors (Lipinski definition) is 4. The third kappa shape index (κ3) is 4.03. The van der Waals surface area contributed by atoms with Crippen molar-refractivity contribution in [3.8, 4) is 5.69 Å². The van der Waals surface area contributed by atoms with Crippen LogP contribution in [0.3, 0.4) is 0 Å². The number of nitrogens with zero attached hydrogens (tertiary/aromatic N) is 2. The molecule has 4 rings (SSSR count). The molecule has 7 heteroatoms. The number of primary amides is 1. The van der Waals surface area contributed by atoms with E-state index in [1.807, 2.05) is 56.3 Å². The van der Waals surface area contributed by atoms with E-state index in [2.05, 4.69) is 22.7 Å². The van der Waals surface area contributed by atoms with E-state index in [1.54, 1.807) is 4.68 Å². The van der Waals surface area contributed by atoms with Crippen LogP contribution in [0.4, 0.5) is 5.69 Å². The molecule has 1 aliphatic heterocycles. The number of aromatic nitrogens is 2. The first kappa shape index (κ1) is 20.7. The Morgan fingerprint density at radius 2 is 1.94 bits per heavy atom. The van der Waals surface area contributed by atoms with Crippen LogP contribution in [0.15, 0.2) is 42.5 Å². The molecule has 3 aromatic rings. The van der Waals surface area contributed by atoms with Gasteiger partial charge in [0.15, 0.2) is 5.69 Å². The number of rotatable bonds is 5. The number of nitrogens with two attached hydrogens (primary N) is 1. The van der Waals surface area contributed by atoms with Crippen LogP contribution in [-0.4, -0.2) is 28.1 Å². The van der Waals surface area contributed by atoms with Gasteiger partial charge in [-0.2, -0.15) is 5.10 Å². The Kier molecular flexibility index (Phi) is 5.50. The fourth-order valence-corrected chi connectivity index (χ4v) is 3.93. The van der Waals surface area contributed by atoms with Crippen molar-refractivity contribution in [2.45, 2.75) is 39.7 Å². The quantitative estimate of drug-likeness (QED) is 0.592. The van der Waals surface area contributed by atoms with Gasteiger partial charge in [-0.25, -0.2) is 4.68 Å². The Hall–Kier alpha value is -3.61. The highest BCUT2D eigenvalue weighted by atomic mass is 16.2. The highest BCUT2D eigenvalue weighted by molar-refractivity contribution is 5.98. The number of nitrogens with one attached hydrogen (secondary N) is 2. The monoisotopic (exact) mass is 417 g/mol. The van der Waals surface area contributed by atoms with Gasteiger partial charge in [0.25, 0.3) is 11.8 Å². The molecule has 1 aromatic heterocycles. The van der Waals surface area contributed by atoms with E-state index in [9.17, 15) is 9.59 Å². The molecule has 31 heavy (non-hydrogen) atoms. The topological polar surface area (TPSA) is 102 Å². The summed E-state index contributed by atoms with van der Waals surface area (Å²) in [7, 11) is 0. The number of hydrogen-bond donors (Lipinski definition) is 3. The van der Waals surface area contributed by atoms with E-state index in [0.717, 1.165) is 46.7 Å². The third-order valence-electron chi connectivity index (χ3n) is 5.76. The number of carbonyl (C=O) groups is 2. The van der Waals surface area contributed by atoms with Gasteiger partial charge in [0.1, 0.15) is 0 Å². The third-order valence-corrected chi connectivity index (χ3v) is 5.76. The summed E-state index contributed by atoms with van der Waals surface area (Å²) in [5.41, 5.74) is 12.0. The van der Waals surface area contributed by atoms with Gasteiger partial charge in [-0.15, -0.1) is 0 Å². The molecule has 2 heterocycles. The van der Waals surface area contributed by atoms with Gasteiger partial charge in [-0.3, -0.25) is 9.59 Å². The second-order valence-electron chi connectivity index (χ2n) is 8.17. The molecular weight excluding hydrogens is 390 g/mol. The summed E-state index contributed by atoms with van der Waals surface area (Å²) in [6.07, 6.45) is 0.960. The first-order valence-electron chi connectivity index (χ1n) is 10.5. The van der Waals surface area contributed by atoms with Crippen LogP contribution in [0.2, 0.25) is 0 Å². The smallest absolute Gasteiger partial charge is 0.269 e. The van der Waals surface area contributed by atoms with Crippen molar-refractivity contribution in [2.75, 3.05) is 11.9 Å². The standard InChI is InChI=1S/C24H27N5O2/c1-14-4-5-15(2)19(12-14)24(31)27-13-17-6-8-18(9-7-17)29-22(23(25)30)21-20(28-29)16(3)10-11-26-21/h4-9,12,16,26H,10-11,13H2,1-3H3,(H2,25,30)(H,27,31). The fraction of sp³-hybridized carbons (Fsp3) is 0.292. The van der Waals surface area contributed by atoms with E-state index in [-0.39, 0.29) is 11.8 Å². The molecule has 0 saturated carbocycles. The van der Waals surface area contributed by atoms with Crippen molar-refractivity contribution >= 4 is 17.5 Å². The Morgan fingerprint density at radius 3 is 2.65 bits per heavy atom.